The summed E-state index contributed by atoms with van der Waals surface area (Å²) in [5, 5.41) is 3.17. The lowest BCUT2D eigenvalue weighted by Gasteiger charge is -2.27. The maximum absolute atomic E-state index is 11.9. The van der Waals surface area contributed by atoms with E-state index in [1.807, 2.05) is 0 Å². The second-order valence-electron chi connectivity index (χ2n) is 4.98. The predicted molar refractivity (Wildman–Crippen MR) is 62.5 cm³/mol. The fraction of sp³-hybridized carbons (Fsp3) is 0.917. The zero-order chi connectivity index (χ0) is 11.3. The Hall–Kier alpha value is -0.570. The van der Waals surface area contributed by atoms with Crippen LogP contribution in [0.3, 0.4) is 0 Å². The van der Waals surface area contributed by atoms with Crippen LogP contribution in [0.4, 0.5) is 0 Å². The van der Waals surface area contributed by atoms with Gasteiger partial charge in [-0.05, 0) is 26.2 Å². The Bertz CT molecular complexity index is 210. The van der Waals surface area contributed by atoms with Crippen molar-refractivity contribution in [3.8, 4) is 0 Å². The molecule has 15 heavy (non-hydrogen) atoms. The van der Waals surface area contributed by atoms with Gasteiger partial charge in [-0.25, -0.2) is 0 Å². The summed E-state index contributed by atoms with van der Waals surface area (Å²) in [6, 6.07) is 0. The first-order valence-electron chi connectivity index (χ1n) is 6.13. The lowest BCUT2D eigenvalue weighted by atomic mass is 9.97. The Labute approximate surface area is 92.8 Å². The number of rotatable bonds is 5. The fourth-order valence-corrected chi connectivity index (χ4v) is 2.38. The number of hydrogen-bond acceptors (Lipinski definition) is 2. The van der Waals surface area contributed by atoms with Crippen molar-refractivity contribution >= 4 is 5.91 Å². The third kappa shape index (κ3) is 3.49. The summed E-state index contributed by atoms with van der Waals surface area (Å²) in [6.45, 7) is 4.71. The van der Waals surface area contributed by atoms with Crippen LogP contribution in [-0.4, -0.2) is 18.0 Å². The highest BCUT2D eigenvalue weighted by molar-refractivity contribution is 5.79. The molecule has 0 aromatic carbocycles. The molecule has 1 atom stereocenters. The monoisotopic (exact) mass is 212 g/mol. The molecule has 1 aliphatic rings. The Morgan fingerprint density at radius 1 is 1.47 bits per heavy atom. The van der Waals surface area contributed by atoms with Gasteiger partial charge in [0, 0.05) is 12.1 Å². The van der Waals surface area contributed by atoms with Crippen LogP contribution in [0.15, 0.2) is 0 Å². The minimum atomic E-state index is 0.00688. The van der Waals surface area contributed by atoms with E-state index in [-0.39, 0.29) is 17.4 Å². The van der Waals surface area contributed by atoms with Crippen molar-refractivity contribution < 1.29 is 4.79 Å². The van der Waals surface area contributed by atoms with Crippen molar-refractivity contribution in [2.75, 3.05) is 6.54 Å². The van der Waals surface area contributed by atoms with Crippen molar-refractivity contribution in [1.82, 2.24) is 5.32 Å². The fourth-order valence-electron chi connectivity index (χ4n) is 2.38. The van der Waals surface area contributed by atoms with Crippen LogP contribution in [-0.2, 0) is 4.79 Å². The molecule has 0 aromatic heterocycles. The second kappa shape index (κ2) is 5.50. The Morgan fingerprint density at radius 2 is 2.07 bits per heavy atom. The lowest BCUT2D eigenvalue weighted by molar-refractivity contribution is -0.126. The Morgan fingerprint density at radius 3 is 2.53 bits per heavy atom. The van der Waals surface area contributed by atoms with E-state index in [4.69, 9.17) is 5.73 Å². The van der Waals surface area contributed by atoms with Crippen LogP contribution < -0.4 is 11.1 Å². The van der Waals surface area contributed by atoms with E-state index < -0.39 is 0 Å². The van der Waals surface area contributed by atoms with Gasteiger partial charge in [-0.2, -0.15) is 0 Å². The van der Waals surface area contributed by atoms with E-state index in [0.717, 1.165) is 25.7 Å². The summed E-state index contributed by atoms with van der Waals surface area (Å²) in [6.07, 6.45) is 6.62. The van der Waals surface area contributed by atoms with Crippen LogP contribution in [0.1, 0.15) is 52.4 Å². The Balaban J connectivity index is 2.45. The molecule has 0 radical (unpaired) electrons. The number of amides is 1. The molecule has 0 aliphatic heterocycles. The van der Waals surface area contributed by atoms with E-state index in [2.05, 4.69) is 19.2 Å². The first-order chi connectivity index (χ1) is 7.11. The van der Waals surface area contributed by atoms with Crippen molar-refractivity contribution in [3.05, 3.63) is 0 Å². The average molecular weight is 212 g/mol. The van der Waals surface area contributed by atoms with E-state index in [0.29, 0.717) is 6.54 Å². The normalized spacial score (nSPS) is 21.3. The van der Waals surface area contributed by atoms with Gasteiger partial charge in [0.2, 0.25) is 5.91 Å². The van der Waals surface area contributed by atoms with E-state index in [1.165, 1.54) is 12.8 Å². The van der Waals surface area contributed by atoms with Gasteiger partial charge in [-0.3, -0.25) is 4.79 Å². The molecule has 3 nitrogen and oxygen atoms in total. The van der Waals surface area contributed by atoms with Gasteiger partial charge in [0.05, 0.1) is 5.92 Å². The number of carbonyl (C=O) groups is 1. The molecule has 0 saturated heterocycles. The maximum Gasteiger partial charge on any atom is 0.224 e. The molecule has 0 heterocycles. The molecular formula is C12H24N2O. The zero-order valence-electron chi connectivity index (χ0n) is 10.0. The van der Waals surface area contributed by atoms with Gasteiger partial charge in [0.15, 0.2) is 0 Å². The van der Waals surface area contributed by atoms with E-state index in [9.17, 15) is 4.79 Å². The molecule has 1 fully saturated rings. The van der Waals surface area contributed by atoms with Gasteiger partial charge < -0.3 is 11.1 Å². The SMILES string of the molecule is CCCC(CN)C(=O)NC1(C)CCCC1. The van der Waals surface area contributed by atoms with Gasteiger partial charge in [-0.1, -0.05) is 26.2 Å². The molecule has 3 heteroatoms. The van der Waals surface area contributed by atoms with Gasteiger partial charge >= 0.3 is 0 Å². The molecule has 0 aromatic rings. The summed E-state index contributed by atoms with van der Waals surface area (Å²) < 4.78 is 0. The largest absolute Gasteiger partial charge is 0.351 e. The third-order valence-electron chi connectivity index (χ3n) is 3.42. The third-order valence-corrected chi connectivity index (χ3v) is 3.42. The smallest absolute Gasteiger partial charge is 0.224 e. The summed E-state index contributed by atoms with van der Waals surface area (Å²) in [5.41, 5.74) is 5.66. The molecule has 1 amide bonds. The average Bonchev–Trinajstić information content (AvgIpc) is 2.60. The van der Waals surface area contributed by atoms with Gasteiger partial charge in [-0.15, -0.1) is 0 Å². The highest BCUT2D eigenvalue weighted by Crippen LogP contribution is 2.29. The topological polar surface area (TPSA) is 55.1 Å². The summed E-state index contributed by atoms with van der Waals surface area (Å²) >= 11 is 0. The molecule has 1 saturated carbocycles. The molecular weight excluding hydrogens is 188 g/mol. The molecule has 1 rings (SSSR count). The number of hydrogen-bond donors (Lipinski definition) is 2. The molecule has 1 unspecified atom stereocenters. The summed E-state index contributed by atoms with van der Waals surface area (Å²) in [4.78, 5) is 11.9. The number of nitrogens with one attached hydrogen (secondary N) is 1. The molecule has 88 valence electrons. The van der Waals surface area contributed by atoms with Crippen molar-refractivity contribution in [3.63, 3.8) is 0 Å². The van der Waals surface area contributed by atoms with Crippen LogP contribution in [0.25, 0.3) is 0 Å². The first kappa shape index (κ1) is 12.5. The van der Waals surface area contributed by atoms with Crippen LogP contribution in [0.5, 0.6) is 0 Å². The van der Waals surface area contributed by atoms with Crippen molar-refractivity contribution in [2.24, 2.45) is 11.7 Å². The lowest BCUT2D eigenvalue weighted by Crippen LogP contribution is -2.47. The molecule has 0 spiro atoms. The number of carbonyl (C=O) groups excluding carboxylic acids is 1. The second-order valence-corrected chi connectivity index (χ2v) is 4.98. The number of nitrogens with two attached hydrogens (primary N) is 1. The molecule has 3 N–H and O–H groups in total. The minimum Gasteiger partial charge on any atom is -0.351 e. The molecule has 1 aliphatic carbocycles. The van der Waals surface area contributed by atoms with Crippen LogP contribution in [0, 0.1) is 5.92 Å². The first-order valence-corrected chi connectivity index (χ1v) is 6.13. The quantitative estimate of drug-likeness (QED) is 0.730. The summed E-state index contributed by atoms with van der Waals surface area (Å²) in [5.74, 6) is 0.163. The van der Waals surface area contributed by atoms with Crippen molar-refractivity contribution in [2.45, 2.75) is 57.9 Å². The van der Waals surface area contributed by atoms with Crippen molar-refractivity contribution in [1.29, 1.82) is 0 Å². The van der Waals surface area contributed by atoms with Crippen LogP contribution >= 0.6 is 0 Å². The minimum absolute atomic E-state index is 0.00688. The maximum atomic E-state index is 11.9. The highest BCUT2D eigenvalue weighted by atomic mass is 16.2. The summed E-state index contributed by atoms with van der Waals surface area (Å²) in [7, 11) is 0. The zero-order valence-corrected chi connectivity index (χ0v) is 10.0. The van der Waals surface area contributed by atoms with E-state index >= 15 is 0 Å². The molecule has 0 bridgehead atoms. The highest BCUT2D eigenvalue weighted by Gasteiger charge is 2.31. The predicted octanol–water partition coefficient (Wildman–Crippen LogP) is 1.81. The van der Waals surface area contributed by atoms with Gasteiger partial charge in [0.25, 0.3) is 0 Å². The van der Waals surface area contributed by atoms with Crippen LogP contribution in [0.2, 0.25) is 0 Å². The Kier molecular flexibility index (Phi) is 4.58. The van der Waals surface area contributed by atoms with E-state index in [1.54, 1.807) is 0 Å². The van der Waals surface area contributed by atoms with Gasteiger partial charge in [0.1, 0.15) is 0 Å². The standard InChI is InChI=1S/C12H24N2O/c1-3-6-10(9-13)11(15)14-12(2)7-4-5-8-12/h10H,3-9,13H2,1-2H3,(H,14,15).